The molecule has 1 saturated carbocycles. The first-order valence-electron chi connectivity index (χ1n) is 12.6. The van der Waals surface area contributed by atoms with Gasteiger partial charge in [0.2, 0.25) is 5.91 Å². The van der Waals surface area contributed by atoms with Crippen LogP contribution in [0.15, 0.2) is 60.7 Å². The summed E-state index contributed by atoms with van der Waals surface area (Å²) in [5.74, 6) is -2.86. The fourth-order valence-electron chi connectivity index (χ4n) is 3.99. The van der Waals surface area contributed by atoms with Crippen molar-refractivity contribution in [3.8, 4) is 22.9 Å². The second kappa shape index (κ2) is 12.6. The van der Waals surface area contributed by atoms with Crippen LogP contribution in [0.25, 0.3) is 11.1 Å². The summed E-state index contributed by atoms with van der Waals surface area (Å²) < 4.78 is 51.5. The van der Waals surface area contributed by atoms with Crippen molar-refractivity contribution in [2.24, 2.45) is 5.92 Å². The number of alkyl halides is 3. The lowest BCUT2D eigenvalue weighted by Crippen LogP contribution is -2.40. The molecule has 1 aliphatic carbocycles. The van der Waals surface area contributed by atoms with Crippen molar-refractivity contribution in [1.82, 2.24) is 9.88 Å². The Labute approximate surface area is 243 Å². The third-order valence-electron chi connectivity index (χ3n) is 6.25. The van der Waals surface area contributed by atoms with Crippen LogP contribution in [0.3, 0.4) is 0 Å². The normalized spacial score (nSPS) is 12.5. The van der Waals surface area contributed by atoms with Gasteiger partial charge in [0.05, 0.1) is 32.4 Å². The molecule has 0 spiro atoms. The number of nitriles is 1. The molecule has 2 aromatic carbocycles. The van der Waals surface area contributed by atoms with Crippen LogP contribution in [0.2, 0.25) is 0 Å². The van der Waals surface area contributed by atoms with Crippen LogP contribution >= 0.6 is 0 Å². The number of hydrogen-bond acceptors (Lipinski definition) is 9. The average molecular weight is 597 g/mol. The third-order valence-corrected chi connectivity index (χ3v) is 6.25. The number of ether oxygens (including phenoxy) is 3. The van der Waals surface area contributed by atoms with Crippen molar-refractivity contribution in [2.45, 2.75) is 25.7 Å². The fourth-order valence-corrected chi connectivity index (χ4v) is 3.99. The van der Waals surface area contributed by atoms with Crippen LogP contribution in [0, 0.1) is 17.2 Å². The molecule has 1 aliphatic rings. The monoisotopic (exact) mass is 596 g/mol. The molecule has 0 aliphatic heterocycles. The van der Waals surface area contributed by atoms with Gasteiger partial charge in [0.1, 0.15) is 17.3 Å². The van der Waals surface area contributed by atoms with Crippen molar-refractivity contribution in [1.29, 1.82) is 5.26 Å². The Morgan fingerprint density at radius 2 is 1.56 bits per heavy atom. The molecule has 3 aromatic rings. The Hall–Kier alpha value is -5.45. The summed E-state index contributed by atoms with van der Waals surface area (Å²) in [6.45, 7) is -0.288. The van der Waals surface area contributed by atoms with Crippen molar-refractivity contribution in [3.05, 3.63) is 77.5 Å². The van der Waals surface area contributed by atoms with Gasteiger partial charge in [-0.1, -0.05) is 24.3 Å². The van der Waals surface area contributed by atoms with E-state index in [4.69, 9.17) is 14.7 Å². The van der Waals surface area contributed by atoms with E-state index in [1.54, 1.807) is 0 Å². The smallest absolute Gasteiger partial charge is 0.452 e. The molecule has 0 unspecified atom stereocenters. The molecular formula is C29H23F3N4O7. The van der Waals surface area contributed by atoms with Gasteiger partial charge in [0, 0.05) is 5.92 Å². The van der Waals surface area contributed by atoms with Crippen LogP contribution in [0.1, 0.15) is 34.5 Å². The lowest BCUT2D eigenvalue weighted by Gasteiger charge is -2.22. The van der Waals surface area contributed by atoms with Gasteiger partial charge in [-0.25, -0.2) is 19.5 Å². The second-order valence-electron chi connectivity index (χ2n) is 9.26. The number of nitrogens with zero attached hydrogens (tertiary/aromatic N) is 4. The first kappa shape index (κ1) is 30.5. The van der Waals surface area contributed by atoms with Crippen molar-refractivity contribution >= 4 is 29.8 Å². The zero-order valence-electron chi connectivity index (χ0n) is 22.8. The molecule has 1 heterocycles. The molecular weight excluding hydrogens is 573 g/mol. The summed E-state index contributed by atoms with van der Waals surface area (Å²) in [6.07, 6.45) is -5.98. The highest BCUT2D eigenvalue weighted by molar-refractivity contribution is 6.13. The number of imide groups is 2. The summed E-state index contributed by atoms with van der Waals surface area (Å²) in [7, 11) is 2.12. The van der Waals surface area contributed by atoms with E-state index >= 15 is 0 Å². The van der Waals surface area contributed by atoms with Crippen molar-refractivity contribution in [2.75, 3.05) is 19.1 Å². The molecule has 4 amide bonds. The zero-order valence-corrected chi connectivity index (χ0v) is 22.8. The lowest BCUT2D eigenvalue weighted by atomic mass is 10.0. The van der Waals surface area contributed by atoms with E-state index in [-0.39, 0.29) is 29.2 Å². The highest BCUT2D eigenvalue weighted by Crippen LogP contribution is 2.35. The Balaban J connectivity index is 1.80. The maximum atomic E-state index is 13.7. The van der Waals surface area contributed by atoms with E-state index in [1.807, 2.05) is 6.07 Å². The molecule has 1 fully saturated rings. The van der Waals surface area contributed by atoms with E-state index in [9.17, 15) is 32.3 Å². The minimum atomic E-state index is -4.92. The van der Waals surface area contributed by atoms with E-state index < -0.39 is 42.0 Å². The molecule has 222 valence electrons. The van der Waals surface area contributed by atoms with Gasteiger partial charge < -0.3 is 14.2 Å². The molecule has 43 heavy (non-hydrogen) atoms. The maximum absolute atomic E-state index is 13.7. The Morgan fingerprint density at radius 3 is 2.09 bits per heavy atom. The summed E-state index contributed by atoms with van der Waals surface area (Å²) in [4.78, 5) is 57.8. The predicted molar refractivity (Wildman–Crippen MR) is 142 cm³/mol. The summed E-state index contributed by atoms with van der Waals surface area (Å²) in [5.41, 5.74) is 0.878. The van der Waals surface area contributed by atoms with E-state index in [2.05, 4.69) is 9.72 Å². The predicted octanol–water partition coefficient (Wildman–Crippen LogP) is 5.44. The van der Waals surface area contributed by atoms with Crippen molar-refractivity contribution in [3.63, 3.8) is 0 Å². The molecule has 0 atom stereocenters. The SMILES string of the molecule is COC(=O)N(Cc1ccc(C#N)cc1)C(=O)c1cc(-c2ccc(OC(F)(F)F)cc2)cc(N(C(=O)OC)C(=O)C2CC2)n1. The Morgan fingerprint density at radius 1 is 0.930 bits per heavy atom. The standard InChI is InChI=1S/C29H23F3N4O7/c1-41-27(39)35(16-18-5-3-17(15-33)4-6-18)26(38)23-13-21(19-9-11-22(12-10-19)43-29(30,31)32)14-24(34-23)36(28(40)42-2)25(37)20-7-8-20/h3-6,9-14,20H,7-8,16H2,1-2H3. The topological polar surface area (TPSA) is 139 Å². The molecule has 4 rings (SSSR count). The number of rotatable bonds is 7. The second-order valence-corrected chi connectivity index (χ2v) is 9.26. The molecule has 11 nitrogen and oxygen atoms in total. The number of hydrogen-bond donors (Lipinski definition) is 0. The quantitative estimate of drug-likeness (QED) is 0.349. The molecule has 0 saturated heterocycles. The number of anilines is 1. The third kappa shape index (κ3) is 7.45. The van der Waals surface area contributed by atoms with Gasteiger partial charge in [-0.2, -0.15) is 10.2 Å². The molecule has 0 bridgehead atoms. The van der Waals surface area contributed by atoms with Gasteiger partial charge in [-0.05, 0) is 65.9 Å². The number of carbonyl (C=O) groups is 4. The average Bonchev–Trinajstić information content (AvgIpc) is 3.85. The highest BCUT2D eigenvalue weighted by atomic mass is 19.4. The largest absolute Gasteiger partial charge is 0.573 e. The molecule has 0 N–H and O–H groups in total. The maximum Gasteiger partial charge on any atom is 0.573 e. The van der Waals surface area contributed by atoms with Gasteiger partial charge >= 0.3 is 18.5 Å². The van der Waals surface area contributed by atoms with Gasteiger partial charge in [-0.15, -0.1) is 13.2 Å². The summed E-state index contributed by atoms with van der Waals surface area (Å²) in [6, 6.07) is 15.2. The first-order chi connectivity index (χ1) is 20.4. The number of methoxy groups -OCH3 is 2. The van der Waals surface area contributed by atoms with Crippen molar-refractivity contribution < 1.29 is 46.6 Å². The number of halogens is 3. The number of carbonyl (C=O) groups excluding carboxylic acids is 4. The number of pyridine rings is 1. The number of aromatic nitrogens is 1. The molecule has 0 radical (unpaired) electrons. The molecule has 14 heteroatoms. The van der Waals surface area contributed by atoms with Crippen LogP contribution < -0.4 is 9.64 Å². The fraction of sp³-hybridized carbons (Fsp3) is 0.241. The van der Waals surface area contributed by atoms with Gasteiger partial charge in [-0.3, -0.25) is 9.59 Å². The lowest BCUT2D eigenvalue weighted by molar-refractivity contribution is -0.274. The number of benzene rings is 2. The summed E-state index contributed by atoms with van der Waals surface area (Å²) in [5, 5.41) is 9.05. The number of amides is 4. The van der Waals surface area contributed by atoms with Gasteiger partial charge in [0.15, 0.2) is 0 Å². The first-order valence-corrected chi connectivity index (χ1v) is 12.6. The van der Waals surface area contributed by atoms with E-state index in [0.717, 1.165) is 31.3 Å². The van der Waals surface area contributed by atoms with E-state index in [0.29, 0.717) is 28.9 Å². The Bertz CT molecular complexity index is 1580. The minimum Gasteiger partial charge on any atom is -0.452 e. The van der Waals surface area contributed by atoms with Crippen LogP contribution in [-0.2, 0) is 20.8 Å². The van der Waals surface area contributed by atoms with Crippen LogP contribution in [0.4, 0.5) is 28.6 Å². The van der Waals surface area contributed by atoms with Crippen LogP contribution in [-0.4, -0.2) is 54.5 Å². The highest BCUT2D eigenvalue weighted by Gasteiger charge is 2.39. The Kier molecular flexibility index (Phi) is 8.94. The summed E-state index contributed by atoms with van der Waals surface area (Å²) >= 11 is 0. The minimum absolute atomic E-state index is 0.174. The molecule has 1 aromatic heterocycles. The van der Waals surface area contributed by atoms with E-state index in [1.165, 1.54) is 48.5 Å². The van der Waals surface area contributed by atoms with Crippen LogP contribution in [0.5, 0.6) is 5.75 Å². The van der Waals surface area contributed by atoms with Gasteiger partial charge in [0.25, 0.3) is 5.91 Å². The zero-order chi connectivity index (χ0) is 31.3.